The fraction of sp³-hybridized carbons (Fsp3) is 0.278. The van der Waals surface area contributed by atoms with Gasteiger partial charge in [0, 0.05) is 23.5 Å². The van der Waals surface area contributed by atoms with Crippen LogP contribution < -0.4 is 10.6 Å². The molecule has 21 heavy (non-hydrogen) atoms. The molecule has 0 bridgehead atoms. The molecule has 0 saturated carbocycles. The van der Waals surface area contributed by atoms with Crippen LogP contribution in [-0.2, 0) is 6.42 Å². The van der Waals surface area contributed by atoms with Gasteiger partial charge in [0.1, 0.15) is 0 Å². The SMILES string of the molecule is CCNc1ccc(C(=O)Nc2c(C)cccc2CC)cc1. The van der Waals surface area contributed by atoms with Crippen molar-refractivity contribution in [2.75, 3.05) is 17.2 Å². The van der Waals surface area contributed by atoms with Gasteiger partial charge in [0.2, 0.25) is 0 Å². The Morgan fingerprint density at radius 3 is 2.38 bits per heavy atom. The highest BCUT2D eigenvalue weighted by Crippen LogP contribution is 2.22. The summed E-state index contributed by atoms with van der Waals surface area (Å²) in [7, 11) is 0. The van der Waals surface area contributed by atoms with E-state index in [0.29, 0.717) is 5.56 Å². The summed E-state index contributed by atoms with van der Waals surface area (Å²) < 4.78 is 0. The number of hydrogen-bond acceptors (Lipinski definition) is 2. The quantitative estimate of drug-likeness (QED) is 0.861. The van der Waals surface area contributed by atoms with E-state index in [0.717, 1.165) is 35.5 Å². The lowest BCUT2D eigenvalue weighted by molar-refractivity contribution is 0.102. The molecule has 0 aliphatic heterocycles. The van der Waals surface area contributed by atoms with Gasteiger partial charge in [0.25, 0.3) is 5.91 Å². The van der Waals surface area contributed by atoms with E-state index in [1.54, 1.807) is 0 Å². The molecule has 2 aromatic carbocycles. The van der Waals surface area contributed by atoms with Crippen molar-refractivity contribution >= 4 is 17.3 Å². The van der Waals surface area contributed by atoms with Gasteiger partial charge in [0.05, 0.1) is 0 Å². The summed E-state index contributed by atoms with van der Waals surface area (Å²) in [6, 6.07) is 13.6. The molecule has 3 nitrogen and oxygen atoms in total. The Kier molecular flexibility index (Phi) is 4.99. The number of amides is 1. The van der Waals surface area contributed by atoms with Crippen molar-refractivity contribution in [3.05, 3.63) is 59.2 Å². The first-order chi connectivity index (χ1) is 10.2. The molecule has 2 N–H and O–H groups in total. The predicted molar refractivity (Wildman–Crippen MR) is 89.1 cm³/mol. The number of anilines is 2. The van der Waals surface area contributed by atoms with Crippen molar-refractivity contribution in [2.45, 2.75) is 27.2 Å². The van der Waals surface area contributed by atoms with E-state index in [9.17, 15) is 4.79 Å². The maximum atomic E-state index is 12.4. The van der Waals surface area contributed by atoms with Crippen molar-refractivity contribution in [1.29, 1.82) is 0 Å². The molecule has 0 aliphatic carbocycles. The zero-order chi connectivity index (χ0) is 15.2. The maximum absolute atomic E-state index is 12.4. The van der Waals surface area contributed by atoms with E-state index in [-0.39, 0.29) is 5.91 Å². The Morgan fingerprint density at radius 1 is 1.05 bits per heavy atom. The van der Waals surface area contributed by atoms with E-state index < -0.39 is 0 Å². The Bertz CT molecular complexity index is 618. The third-order valence-corrected chi connectivity index (χ3v) is 3.51. The molecule has 0 heterocycles. The van der Waals surface area contributed by atoms with Gasteiger partial charge < -0.3 is 10.6 Å². The zero-order valence-corrected chi connectivity index (χ0v) is 12.9. The van der Waals surface area contributed by atoms with Gasteiger partial charge in [-0.05, 0) is 55.7 Å². The topological polar surface area (TPSA) is 41.1 Å². The summed E-state index contributed by atoms with van der Waals surface area (Å²) in [4.78, 5) is 12.4. The van der Waals surface area contributed by atoms with Gasteiger partial charge in [-0.15, -0.1) is 0 Å². The molecular formula is C18H22N2O. The molecule has 0 saturated heterocycles. The molecule has 2 rings (SSSR count). The molecule has 0 spiro atoms. The number of benzene rings is 2. The van der Waals surface area contributed by atoms with E-state index in [2.05, 4.69) is 23.6 Å². The lowest BCUT2D eigenvalue weighted by atomic mass is 10.1. The van der Waals surface area contributed by atoms with Crippen LogP contribution in [0.4, 0.5) is 11.4 Å². The number of carbonyl (C=O) groups is 1. The van der Waals surface area contributed by atoms with Crippen molar-refractivity contribution < 1.29 is 4.79 Å². The number of hydrogen-bond donors (Lipinski definition) is 2. The van der Waals surface area contributed by atoms with Gasteiger partial charge in [-0.1, -0.05) is 25.1 Å². The van der Waals surface area contributed by atoms with Gasteiger partial charge in [-0.25, -0.2) is 0 Å². The third-order valence-electron chi connectivity index (χ3n) is 3.51. The van der Waals surface area contributed by atoms with Crippen LogP contribution in [0.25, 0.3) is 0 Å². The number of rotatable bonds is 5. The standard InChI is InChI=1S/C18H22N2O/c1-4-14-8-6-7-13(3)17(14)20-18(21)15-9-11-16(12-10-15)19-5-2/h6-12,19H,4-5H2,1-3H3,(H,20,21). The van der Waals surface area contributed by atoms with Crippen molar-refractivity contribution in [3.63, 3.8) is 0 Å². The number of aryl methyl sites for hydroxylation is 2. The average molecular weight is 282 g/mol. The molecule has 0 aliphatic rings. The summed E-state index contributed by atoms with van der Waals surface area (Å²) in [6.45, 7) is 7.03. The fourth-order valence-electron chi connectivity index (χ4n) is 2.33. The Balaban J connectivity index is 2.18. The van der Waals surface area contributed by atoms with Crippen LogP contribution in [0.3, 0.4) is 0 Å². The minimum Gasteiger partial charge on any atom is -0.385 e. The molecule has 0 fully saturated rings. The van der Waals surface area contributed by atoms with Crippen LogP contribution in [0.15, 0.2) is 42.5 Å². The van der Waals surface area contributed by atoms with Crippen LogP contribution >= 0.6 is 0 Å². The molecular weight excluding hydrogens is 260 g/mol. The summed E-state index contributed by atoms with van der Waals surface area (Å²) in [5.74, 6) is -0.0675. The second-order valence-electron chi connectivity index (χ2n) is 5.02. The monoisotopic (exact) mass is 282 g/mol. The molecule has 110 valence electrons. The number of nitrogens with one attached hydrogen (secondary N) is 2. The second kappa shape index (κ2) is 6.93. The smallest absolute Gasteiger partial charge is 0.255 e. The van der Waals surface area contributed by atoms with Gasteiger partial charge in [0.15, 0.2) is 0 Å². The molecule has 3 heteroatoms. The highest BCUT2D eigenvalue weighted by molar-refractivity contribution is 6.05. The second-order valence-corrected chi connectivity index (χ2v) is 5.02. The minimum absolute atomic E-state index is 0.0675. The Hall–Kier alpha value is -2.29. The van der Waals surface area contributed by atoms with Crippen LogP contribution in [0.2, 0.25) is 0 Å². The predicted octanol–water partition coefficient (Wildman–Crippen LogP) is 4.24. The highest BCUT2D eigenvalue weighted by Gasteiger charge is 2.10. The van der Waals surface area contributed by atoms with Crippen molar-refractivity contribution in [1.82, 2.24) is 0 Å². The first-order valence-corrected chi connectivity index (χ1v) is 7.39. The highest BCUT2D eigenvalue weighted by atomic mass is 16.1. The zero-order valence-electron chi connectivity index (χ0n) is 12.9. The van der Waals surface area contributed by atoms with Crippen molar-refractivity contribution in [2.24, 2.45) is 0 Å². The average Bonchev–Trinajstić information content (AvgIpc) is 2.50. The molecule has 2 aromatic rings. The lowest BCUT2D eigenvalue weighted by Gasteiger charge is -2.13. The number of para-hydroxylation sites is 1. The lowest BCUT2D eigenvalue weighted by Crippen LogP contribution is -2.14. The molecule has 0 radical (unpaired) electrons. The van der Waals surface area contributed by atoms with E-state index in [1.165, 1.54) is 0 Å². The van der Waals surface area contributed by atoms with E-state index in [1.807, 2.05) is 50.2 Å². The summed E-state index contributed by atoms with van der Waals surface area (Å²) >= 11 is 0. The normalized spacial score (nSPS) is 10.2. The molecule has 0 aromatic heterocycles. The van der Waals surface area contributed by atoms with Gasteiger partial charge in [-0.3, -0.25) is 4.79 Å². The van der Waals surface area contributed by atoms with Gasteiger partial charge in [-0.2, -0.15) is 0 Å². The summed E-state index contributed by atoms with van der Waals surface area (Å²) in [6.07, 6.45) is 0.899. The molecule has 0 atom stereocenters. The van der Waals surface area contributed by atoms with Crippen LogP contribution in [0, 0.1) is 6.92 Å². The maximum Gasteiger partial charge on any atom is 0.255 e. The molecule has 1 amide bonds. The Labute approximate surface area is 126 Å². The summed E-state index contributed by atoms with van der Waals surface area (Å²) in [5.41, 5.74) is 4.88. The van der Waals surface area contributed by atoms with Gasteiger partial charge >= 0.3 is 0 Å². The van der Waals surface area contributed by atoms with Crippen LogP contribution in [0.5, 0.6) is 0 Å². The number of carbonyl (C=O) groups excluding carboxylic acids is 1. The first kappa shape index (κ1) is 15.1. The van der Waals surface area contributed by atoms with Crippen molar-refractivity contribution in [3.8, 4) is 0 Å². The van der Waals surface area contributed by atoms with Crippen LogP contribution in [-0.4, -0.2) is 12.5 Å². The molecule has 0 unspecified atom stereocenters. The summed E-state index contributed by atoms with van der Waals surface area (Å²) in [5, 5.41) is 6.26. The third kappa shape index (κ3) is 3.63. The van der Waals surface area contributed by atoms with E-state index in [4.69, 9.17) is 0 Å². The van der Waals surface area contributed by atoms with E-state index >= 15 is 0 Å². The fourth-order valence-corrected chi connectivity index (χ4v) is 2.33. The largest absolute Gasteiger partial charge is 0.385 e. The first-order valence-electron chi connectivity index (χ1n) is 7.39. The van der Waals surface area contributed by atoms with Crippen LogP contribution in [0.1, 0.15) is 35.3 Å². The minimum atomic E-state index is -0.0675. The Morgan fingerprint density at radius 2 is 1.76 bits per heavy atom.